The zero-order valence-electron chi connectivity index (χ0n) is 7.27. The fraction of sp³-hybridized carbons (Fsp3) is 0.333. The highest BCUT2D eigenvalue weighted by atomic mass is 79.9. The summed E-state index contributed by atoms with van der Waals surface area (Å²) in [5.74, 6) is 0. The van der Waals surface area contributed by atoms with Crippen LogP contribution in [-0.4, -0.2) is 11.3 Å². The van der Waals surface area contributed by atoms with Crippen LogP contribution in [0.2, 0.25) is 0 Å². The Hall–Kier alpha value is -0.550. The molecule has 0 amide bonds. The maximum atomic E-state index is 12.1. The number of halogens is 4. The molecule has 1 atom stereocenters. The Kier molecular flexibility index (Phi) is 3.21. The van der Waals surface area contributed by atoms with Crippen LogP contribution in [0.5, 0.6) is 0 Å². The molecule has 1 nitrogen and oxygen atoms in total. The quantitative estimate of drug-likeness (QED) is 0.828. The van der Waals surface area contributed by atoms with Crippen LogP contribution in [0.15, 0.2) is 22.7 Å². The zero-order valence-corrected chi connectivity index (χ0v) is 8.85. The van der Waals surface area contributed by atoms with Crippen molar-refractivity contribution in [1.29, 1.82) is 0 Å². The van der Waals surface area contributed by atoms with Crippen LogP contribution in [0.1, 0.15) is 17.2 Å². The lowest BCUT2D eigenvalue weighted by Gasteiger charge is -2.15. The third kappa shape index (κ3) is 2.72. The van der Waals surface area contributed by atoms with Gasteiger partial charge in [0, 0.05) is 4.47 Å². The molecule has 0 spiro atoms. The summed E-state index contributed by atoms with van der Waals surface area (Å²) in [5.41, 5.74) is 0.516. The lowest BCUT2D eigenvalue weighted by atomic mass is 10.1. The Morgan fingerprint density at radius 1 is 1.29 bits per heavy atom. The van der Waals surface area contributed by atoms with Gasteiger partial charge in [0.05, 0.1) is 0 Å². The van der Waals surface area contributed by atoms with Crippen molar-refractivity contribution >= 4 is 15.9 Å². The molecule has 0 aromatic heterocycles. The molecule has 5 heteroatoms. The van der Waals surface area contributed by atoms with Crippen molar-refractivity contribution in [3.05, 3.63) is 33.8 Å². The molecule has 1 unspecified atom stereocenters. The van der Waals surface area contributed by atoms with Crippen molar-refractivity contribution in [3.8, 4) is 0 Å². The summed E-state index contributed by atoms with van der Waals surface area (Å²) >= 11 is 3.07. The molecule has 1 aromatic carbocycles. The Bertz CT molecular complexity index is 315. The van der Waals surface area contributed by atoms with Gasteiger partial charge in [0.2, 0.25) is 0 Å². The monoisotopic (exact) mass is 268 g/mol. The third-order valence-electron chi connectivity index (χ3n) is 1.69. The Labute approximate surface area is 87.7 Å². The van der Waals surface area contributed by atoms with E-state index < -0.39 is 12.3 Å². The van der Waals surface area contributed by atoms with E-state index in [1.807, 2.05) is 0 Å². The molecular weight excluding hydrogens is 261 g/mol. The summed E-state index contributed by atoms with van der Waals surface area (Å²) in [7, 11) is 0. The maximum Gasteiger partial charge on any atom is 0.418 e. The van der Waals surface area contributed by atoms with Crippen molar-refractivity contribution in [1.82, 2.24) is 0 Å². The molecule has 14 heavy (non-hydrogen) atoms. The first-order valence-corrected chi connectivity index (χ1v) is 4.62. The fourth-order valence-electron chi connectivity index (χ4n) is 1.11. The predicted octanol–water partition coefficient (Wildman–Crippen LogP) is 3.35. The molecule has 78 valence electrons. The van der Waals surface area contributed by atoms with Gasteiger partial charge >= 0.3 is 6.18 Å². The van der Waals surface area contributed by atoms with Gasteiger partial charge in [-0.1, -0.05) is 22.0 Å². The molecule has 0 bridgehead atoms. The van der Waals surface area contributed by atoms with Crippen molar-refractivity contribution in [2.45, 2.75) is 19.2 Å². The van der Waals surface area contributed by atoms with E-state index >= 15 is 0 Å². The molecule has 1 aromatic rings. The van der Waals surface area contributed by atoms with Gasteiger partial charge in [-0.3, -0.25) is 0 Å². The number of hydrogen-bond acceptors (Lipinski definition) is 1. The van der Waals surface area contributed by atoms with E-state index in [-0.39, 0.29) is 5.56 Å². The summed E-state index contributed by atoms with van der Waals surface area (Å²) in [6, 6.07) is 4.24. The summed E-state index contributed by atoms with van der Waals surface area (Å²) < 4.78 is 36.9. The van der Waals surface area contributed by atoms with Crippen LogP contribution in [-0.2, 0) is 0 Å². The van der Waals surface area contributed by atoms with Gasteiger partial charge in [-0.05, 0) is 30.2 Å². The van der Waals surface area contributed by atoms with Crippen LogP contribution in [0, 0.1) is 6.92 Å². The molecule has 0 saturated heterocycles. The van der Waals surface area contributed by atoms with Crippen LogP contribution in [0.25, 0.3) is 0 Å². The SMILES string of the molecule is Cc1cc(Br)cc(C(O)C(F)(F)F)c1. The minimum absolute atomic E-state index is 0.149. The highest BCUT2D eigenvalue weighted by molar-refractivity contribution is 9.10. The Morgan fingerprint density at radius 3 is 2.29 bits per heavy atom. The molecule has 0 aliphatic heterocycles. The van der Waals surface area contributed by atoms with Gasteiger partial charge in [0.25, 0.3) is 0 Å². The third-order valence-corrected chi connectivity index (χ3v) is 2.15. The number of aliphatic hydroxyl groups excluding tert-OH is 1. The van der Waals surface area contributed by atoms with E-state index in [0.29, 0.717) is 10.0 Å². The standard InChI is InChI=1S/C9H8BrF3O/c1-5-2-6(4-7(10)3-5)8(14)9(11,12)13/h2-4,8,14H,1H3. The first kappa shape index (κ1) is 11.5. The van der Waals surface area contributed by atoms with Gasteiger partial charge < -0.3 is 5.11 Å². The number of aliphatic hydroxyl groups is 1. The molecular formula is C9H8BrF3O. The predicted molar refractivity (Wildman–Crippen MR) is 49.9 cm³/mol. The zero-order chi connectivity index (χ0) is 10.9. The molecule has 0 fully saturated rings. The average molecular weight is 269 g/mol. The number of alkyl halides is 3. The van der Waals surface area contributed by atoms with Crippen molar-refractivity contribution < 1.29 is 18.3 Å². The largest absolute Gasteiger partial charge is 0.418 e. The average Bonchev–Trinajstić information content (AvgIpc) is 1.99. The van der Waals surface area contributed by atoms with E-state index in [4.69, 9.17) is 5.11 Å². The van der Waals surface area contributed by atoms with E-state index in [2.05, 4.69) is 15.9 Å². The number of rotatable bonds is 1. The molecule has 1 N–H and O–H groups in total. The van der Waals surface area contributed by atoms with Crippen LogP contribution >= 0.6 is 15.9 Å². The highest BCUT2D eigenvalue weighted by Crippen LogP contribution is 2.33. The number of benzene rings is 1. The second kappa shape index (κ2) is 3.90. The summed E-state index contributed by atoms with van der Waals surface area (Å²) in [4.78, 5) is 0. The molecule has 0 heterocycles. The minimum Gasteiger partial charge on any atom is -0.379 e. The van der Waals surface area contributed by atoms with Gasteiger partial charge in [0.1, 0.15) is 0 Å². The highest BCUT2D eigenvalue weighted by Gasteiger charge is 2.39. The molecule has 0 saturated carbocycles. The molecule has 1 rings (SSSR count). The minimum atomic E-state index is -4.62. The van der Waals surface area contributed by atoms with Crippen molar-refractivity contribution in [3.63, 3.8) is 0 Å². The maximum absolute atomic E-state index is 12.1. The van der Waals surface area contributed by atoms with Crippen molar-refractivity contribution in [2.24, 2.45) is 0 Å². The van der Waals surface area contributed by atoms with E-state index in [1.165, 1.54) is 12.1 Å². The first-order chi connectivity index (χ1) is 6.30. The smallest absolute Gasteiger partial charge is 0.379 e. The van der Waals surface area contributed by atoms with Gasteiger partial charge in [-0.25, -0.2) is 0 Å². The number of aryl methyl sites for hydroxylation is 1. The second-order valence-electron chi connectivity index (χ2n) is 3.01. The van der Waals surface area contributed by atoms with E-state index in [9.17, 15) is 13.2 Å². The second-order valence-corrected chi connectivity index (χ2v) is 3.92. The fourth-order valence-corrected chi connectivity index (χ4v) is 1.74. The molecule has 0 aliphatic rings. The lowest BCUT2D eigenvalue weighted by Crippen LogP contribution is -2.20. The molecule has 0 radical (unpaired) electrons. The summed E-state index contributed by atoms with van der Waals surface area (Å²) in [6.07, 6.45) is -7.04. The van der Waals surface area contributed by atoms with Crippen LogP contribution in [0.4, 0.5) is 13.2 Å². The van der Waals surface area contributed by atoms with E-state index in [1.54, 1.807) is 13.0 Å². The van der Waals surface area contributed by atoms with Crippen LogP contribution < -0.4 is 0 Å². The van der Waals surface area contributed by atoms with Gasteiger partial charge in [-0.15, -0.1) is 0 Å². The molecule has 0 aliphatic carbocycles. The van der Waals surface area contributed by atoms with E-state index in [0.717, 1.165) is 0 Å². The van der Waals surface area contributed by atoms with Crippen LogP contribution in [0.3, 0.4) is 0 Å². The topological polar surface area (TPSA) is 20.2 Å². The number of hydrogen-bond donors (Lipinski definition) is 1. The lowest BCUT2D eigenvalue weighted by molar-refractivity contribution is -0.206. The Balaban J connectivity index is 3.07. The normalized spacial score (nSPS) is 14.1. The summed E-state index contributed by atoms with van der Waals surface area (Å²) in [5, 5.41) is 8.96. The summed E-state index contributed by atoms with van der Waals surface area (Å²) in [6.45, 7) is 1.66. The van der Waals surface area contributed by atoms with Crippen molar-refractivity contribution in [2.75, 3.05) is 0 Å². The van der Waals surface area contributed by atoms with Gasteiger partial charge in [-0.2, -0.15) is 13.2 Å². The Morgan fingerprint density at radius 2 is 1.86 bits per heavy atom. The van der Waals surface area contributed by atoms with Gasteiger partial charge in [0.15, 0.2) is 6.10 Å². The first-order valence-electron chi connectivity index (χ1n) is 3.82.